The predicted octanol–water partition coefficient (Wildman–Crippen LogP) is 1.23. The zero-order chi connectivity index (χ0) is 15.4. The van der Waals surface area contributed by atoms with Gasteiger partial charge in [0.25, 0.3) is 5.91 Å². The Bertz CT molecular complexity index is 552. The van der Waals surface area contributed by atoms with Crippen molar-refractivity contribution in [3.05, 3.63) is 17.0 Å². The number of hydrogen-bond acceptors (Lipinski definition) is 6. The Labute approximate surface area is 127 Å². The molecule has 1 fully saturated rings. The van der Waals surface area contributed by atoms with E-state index in [2.05, 4.69) is 15.3 Å². The molecule has 1 aliphatic heterocycles. The Morgan fingerprint density at radius 2 is 2.24 bits per heavy atom. The van der Waals surface area contributed by atoms with Gasteiger partial charge in [0.05, 0.1) is 0 Å². The summed E-state index contributed by atoms with van der Waals surface area (Å²) in [4.78, 5) is 32.9. The van der Waals surface area contributed by atoms with E-state index in [1.54, 1.807) is 6.07 Å². The number of hydrogen-bond donors (Lipinski definition) is 1. The molecule has 1 N–H and O–H groups in total. The lowest BCUT2D eigenvalue weighted by molar-refractivity contribution is -0.146. The molecule has 1 aromatic rings. The summed E-state index contributed by atoms with van der Waals surface area (Å²) in [5.74, 6) is 0.452. The summed E-state index contributed by atoms with van der Waals surface area (Å²) in [5, 5.41) is 3.28. The Balaban J connectivity index is 2.10. The Morgan fingerprint density at radius 3 is 2.95 bits per heavy atom. The highest BCUT2D eigenvalue weighted by Gasteiger charge is 2.31. The fourth-order valence-corrected chi connectivity index (χ4v) is 2.23. The second-order valence-corrected chi connectivity index (χ2v) is 5.04. The maximum atomic E-state index is 12.0. The van der Waals surface area contributed by atoms with Crippen molar-refractivity contribution < 1.29 is 14.3 Å². The van der Waals surface area contributed by atoms with Crippen molar-refractivity contribution in [3.8, 4) is 0 Å². The number of aromatic nitrogens is 2. The van der Waals surface area contributed by atoms with Gasteiger partial charge in [-0.3, -0.25) is 14.5 Å². The number of rotatable bonds is 5. The average molecular weight is 313 g/mol. The third kappa shape index (κ3) is 3.89. The van der Waals surface area contributed by atoms with E-state index in [1.165, 1.54) is 7.05 Å². The normalized spacial score (nSPS) is 19.0. The van der Waals surface area contributed by atoms with Crippen LogP contribution in [0.15, 0.2) is 6.07 Å². The van der Waals surface area contributed by atoms with Gasteiger partial charge in [0.15, 0.2) is 5.82 Å². The van der Waals surface area contributed by atoms with Crippen LogP contribution in [0.4, 0.5) is 5.82 Å². The molecule has 2 amide bonds. The minimum absolute atomic E-state index is 0.171. The Hall–Kier alpha value is -1.73. The highest BCUT2D eigenvalue weighted by atomic mass is 35.5. The van der Waals surface area contributed by atoms with Crippen LogP contribution in [-0.2, 0) is 20.9 Å². The van der Waals surface area contributed by atoms with Crippen LogP contribution in [0.1, 0.15) is 25.6 Å². The Morgan fingerprint density at radius 1 is 1.48 bits per heavy atom. The van der Waals surface area contributed by atoms with Crippen molar-refractivity contribution in [2.24, 2.45) is 0 Å². The van der Waals surface area contributed by atoms with E-state index < -0.39 is 6.04 Å². The summed E-state index contributed by atoms with van der Waals surface area (Å²) in [5.41, 5.74) is 0. The summed E-state index contributed by atoms with van der Waals surface area (Å²) in [7, 11) is 1.48. The molecule has 8 heteroatoms. The smallest absolute Gasteiger partial charge is 0.251 e. The SMILES string of the molecule is CCOCc1nc(Cl)cc(NC2CCC(=O)N(C)C2=O)n1. The first-order valence-electron chi connectivity index (χ1n) is 6.69. The zero-order valence-corrected chi connectivity index (χ0v) is 12.7. The summed E-state index contributed by atoms with van der Waals surface area (Å²) < 4.78 is 5.24. The van der Waals surface area contributed by atoms with E-state index in [1.807, 2.05) is 6.92 Å². The molecule has 114 valence electrons. The van der Waals surface area contributed by atoms with Gasteiger partial charge in [-0.05, 0) is 13.3 Å². The first-order chi connectivity index (χ1) is 10.0. The van der Waals surface area contributed by atoms with Crippen LogP contribution in [0.3, 0.4) is 0 Å². The van der Waals surface area contributed by atoms with Gasteiger partial charge in [-0.1, -0.05) is 11.6 Å². The fraction of sp³-hybridized carbons (Fsp3) is 0.538. The van der Waals surface area contributed by atoms with Crippen LogP contribution in [0.5, 0.6) is 0 Å². The van der Waals surface area contributed by atoms with Crippen LogP contribution in [0, 0.1) is 0 Å². The number of carbonyl (C=O) groups excluding carboxylic acids is 2. The first kappa shape index (κ1) is 15.7. The van der Waals surface area contributed by atoms with Gasteiger partial charge in [-0.25, -0.2) is 9.97 Å². The largest absolute Gasteiger partial charge is 0.374 e. The molecule has 21 heavy (non-hydrogen) atoms. The van der Waals surface area contributed by atoms with Crippen LogP contribution < -0.4 is 5.32 Å². The van der Waals surface area contributed by atoms with Crippen molar-refractivity contribution in [3.63, 3.8) is 0 Å². The fourth-order valence-electron chi connectivity index (χ4n) is 2.02. The minimum atomic E-state index is -0.487. The van der Waals surface area contributed by atoms with E-state index in [0.717, 1.165) is 4.90 Å². The van der Waals surface area contributed by atoms with Gasteiger partial charge in [-0.15, -0.1) is 0 Å². The number of nitrogens with one attached hydrogen (secondary N) is 1. The summed E-state index contributed by atoms with van der Waals surface area (Å²) >= 11 is 5.94. The van der Waals surface area contributed by atoms with Gasteiger partial charge in [-0.2, -0.15) is 0 Å². The van der Waals surface area contributed by atoms with Crippen LogP contribution in [0.2, 0.25) is 5.15 Å². The molecule has 0 radical (unpaired) electrons. The second kappa shape index (κ2) is 6.82. The van der Waals surface area contributed by atoms with Gasteiger partial charge in [0, 0.05) is 26.1 Å². The van der Waals surface area contributed by atoms with Crippen LogP contribution in [-0.4, -0.2) is 46.4 Å². The molecule has 1 unspecified atom stereocenters. The molecular formula is C13H17ClN4O3. The van der Waals surface area contributed by atoms with Gasteiger partial charge >= 0.3 is 0 Å². The van der Waals surface area contributed by atoms with Gasteiger partial charge < -0.3 is 10.1 Å². The standard InChI is InChI=1S/C13H17ClN4O3/c1-3-21-7-11-16-9(14)6-10(17-11)15-8-4-5-12(19)18(2)13(8)20/h6,8H,3-5,7H2,1-2H3,(H,15,16,17). The maximum Gasteiger partial charge on any atom is 0.251 e. The molecule has 1 aliphatic rings. The van der Waals surface area contributed by atoms with Gasteiger partial charge in [0.2, 0.25) is 5.91 Å². The number of piperidine rings is 1. The third-order valence-corrected chi connectivity index (χ3v) is 3.34. The number of likely N-dealkylation sites (tertiary alicyclic amines) is 1. The second-order valence-electron chi connectivity index (χ2n) is 4.66. The lowest BCUT2D eigenvalue weighted by atomic mass is 10.0. The van der Waals surface area contributed by atoms with E-state index in [9.17, 15) is 9.59 Å². The van der Waals surface area contributed by atoms with E-state index >= 15 is 0 Å². The highest BCUT2D eigenvalue weighted by molar-refractivity contribution is 6.29. The summed E-state index contributed by atoms with van der Waals surface area (Å²) in [6.45, 7) is 2.67. The highest BCUT2D eigenvalue weighted by Crippen LogP contribution is 2.18. The number of likely N-dealkylation sites (N-methyl/N-ethyl adjacent to an activating group) is 1. The molecular weight excluding hydrogens is 296 g/mol. The number of ether oxygens (including phenoxy) is 1. The van der Waals surface area contributed by atoms with Crippen LogP contribution >= 0.6 is 11.6 Å². The van der Waals surface area contributed by atoms with E-state index in [0.29, 0.717) is 31.1 Å². The zero-order valence-electron chi connectivity index (χ0n) is 11.9. The molecule has 1 atom stereocenters. The summed E-state index contributed by atoms with van der Waals surface area (Å²) in [6, 6.07) is 1.05. The first-order valence-corrected chi connectivity index (χ1v) is 7.07. The molecule has 0 spiro atoms. The average Bonchev–Trinajstić information content (AvgIpc) is 2.45. The number of carbonyl (C=O) groups is 2. The molecule has 1 saturated heterocycles. The van der Waals surface area contributed by atoms with Crippen molar-refractivity contribution in [2.45, 2.75) is 32.4 Å². The predicted molar refractivity (Wildman–Crippen MR) is 76.8 cm³/mol. The molecule has 0 aliphatic carbocycles. The van der Waals surface area contributed by atoms with Crippen molar-refractivity contribution in [1.82, 2.24) is 14.9 Å². The molecule has 1 aromatic heterocycles. The van der Waals surface area contributed by atoms with Crippen molar-refractivity contribution >= 4 is 29.2 Å². The lowest BCUT2D eigenvalue weighted by Gasteiger charge is -2.28. The number of anilines is 1. The topological polar surface area (TPSA) is 84.4 Å². The third-order valence-electron chi connectivity index (χ3n) is 3.15. The number of halogens is 1. The molecule has 2 rings (SSSR count). The molecule has 2 heterocycles. The molecule has 7 nitrogen and oxygen atoms in total. The molecule has 0 aromatic carbocycles. The van der Waals surface area contributed by atoms with Crippen molar-refractivity contribution in [2.75, 3.05) is 19.0 Å². The van der Waals surface area contributed by atoms with E-state index in [-0.39, 0.29) is 23.6 Å². The van der Waals surface area contributed by atoms with E-state index in [4.69, 9.17) is 16.3 Å². The lowest BCUT2D eigenvalue weighted by Crippen LogP contribution is -2.48. The number of amides is 2. The maximum absolute atomic E-state index is 12.0. The number of imide groups is 1. The summed E-state index contributed by atoms with van der Waals surface area (Å²) in [6.07, 6.45) is 0.759. The molecule has 0 saturated carbocycles. The van der Waals surface area contributed by atoms with Crippen LogP contribution in [0.25, 0.3) is 0 Å². The minimum Gasteiger partial charge on any atom is -0.374 e. The number of nitrogens with zero attached hydrogens (tertiary/aromatic N) is 3. The monoisotopic (exact) mass is 312 g/mol. The van der Waals surface area contributed by atoms with Gasteiger partial charge in [0.1, 0.15) is 23.6 Å². The van der Waals surface area contributed by atoms with Crippen molar-refractivity contribution in [1.29, 1.82) is 0 Å². The quantitative estimate of drug-likeness (QED) is 0.650. The molecule has 0 bridgehead atoms. The Kier molecular flexibility index (Phi) is 5.08.